The summed E-state index contributed by atoms with van der Waals surface area (Å²) in [6, 6.07) is 7.14. The number of ether oxygens (including phenoxy) is 3. The highest BCUT2D eigenvalue weighted by Gasteiger charge is 2.26. The maximum atomic E-state index is 12.8. The van der Waals surface area contributed by atoms with Crippen LogP contribution in [0.25, 0.3) is 0 Å². The average Bonchev–Trinajstić information content (AvgIpc) is 2.78. The van der Waals surface area contributed by atoms with Crippen molar-refractivity contribution < 1.29 is 24.1 Å². The molecule has 0 spiro atoms. The van der Waals surface area contributed by atoms with Crippen molar-refractivity contribution in [1.82, 2.24) is 14.4 Å². The van der Waals surface area contributed by atoms with E-state index in [-0.39, 0.29) is 18.4 Å². The number of pyridine rings is 1. The van der Waals surface area contributed by atoms with Gasteiger partial charge in [0, 0.05) is 56.1 Å². The molecule has 1 amide bonds. The summed E-state index contributed by atoms with van der Waals surface area (Å²) in [5.74, 6) is 1.00. The minimum atomic E-state index is -0.528. The van der Waals surface area contributed by atoms with E-state index in [1.165, 1.54) is 4.57 Å². The number of piperazine rings is 1. The van der Waals surface area contributed by atoms with Crippen LogP contribution in [0.1, 0.15) is 31.9 Å². The zero-order valence-electron chi connectivity index (χ0n) is 20.0. The number of carbonyl (C=O) groups is 1. The number of aromatic nitrogens is 1. The van der Waals surface area contributed by atoms with E-state index in [1.807, 2.05) is 26.8 Å². The first-order valence-electron chi connectivity index (χ1n) is 10.9. The van der Waals surface area contributed by atoms with Gasteiger partial charge in [-0.15, -0.1) is 0 Å². The lowest BCUT2D eigenvalue weighted by molar-refractivity contribution is 0.0138. The molecule has 1 saturated heterocycles. The Kier molecular flexibility index (Phi) is 7.53. The molecule has 2 heterocycles. The highest BCUT2D eigenvalue weighted by Crippen LogP contribution is 2.25. The Morgan fingerprint density at radius 3 is 2.30 bits per heavy atom. The van der Waals surface area contributed by atoms with Crippen LogP contribution >= 0.6 is 0 Å². The van der Waals surface area contributed by atoms with Crippen LogP contribution in [-0.2, 0) is 17.8 Å². The SMILES string of the molecule is COc1ccc(Cn2ccc(CN3CCN(C(=O)OC(C)(C)C)CC3)c(O)c2=O)c(OC)c1. The second kappa shape index (κ2) is 10.2. The molecule has 0 radical (unpaired) electrons. The number of carbonyl (C=O) groups excluding carboxylic acids is 1. The minimum Gasteiger partial charge on any atom is -0.503 e. The van der Waals surface area contributed by atoms with Crippen LogP contribution in [0.15, 0.2) is 35.3 Å². The molecule has 0 atom stereocenters. The third-order valence-corrected chi connectivity index (χ3v) is 5.48. The highest BCUT2D eigenvalue weighted by molar-refractivity contribution is 5.68. The van der Waals surface area contributed by atoms with Gasteiger partial charge in [0.2, 0.25) is 0 Å². The fourth-order valence-electron chi connectivity index (χ4n) is 3.67. The molecule has 1 aromatic carbocycles. The largest absolute Gasteiger partial charge is 0.503 e. The lowest BCUT2D eigenvalue weighted by Crippen LogP contribution is -2.49. The van der Waals surface area contributed by atoms with E-state index in [0.29, 0.717) is 49.8 Å². The fraction of sp³-hybridized carbons (Fsp3) is 0.500. The van der Waals surface area contributed by atoms with Crippen molar-refractivity contribution in [3.05, 3.63) is 51.9 Å². The maximum Gasteiger partial charge on any atom is 0.410 e. The molecule has 9 nitrogen and oxygen atoms in total. The molecule has 0 unspecified atom stereocenters. The van der Waals surface area contributed by atoms with E-state index in [2.05, 4.69) is 4.90 Å². The lowest BCUT2D eigenvalue weighted by Gasteiger charge is -2.35. The van der Waals surface area contributed by atoms with Gasteiger partial charge in [0.15, 0.2) is 5.75 Å². The summed E-state index contributed by atoms with van der Waals surface area (Å²) < 4.78 is 17.5. The lowest BCUT2D eigenvalue weighted by atomic mass is 10.1. The molecule has 1 aliphatic heterocycles. The molecule has 9 heteroatoms. The Balaban J connectivity index is 1.65. The van der Waals surface area contributed by atoms with Crippen LogP contribution < -0.4 is 15.0 Å². The van der Waals surface area contributed by atoms with Crippen LogP contribution in [0.2, 0.25) is 0 Å². The first-order chi connectivity index (χ1) is 15.6. The van der Waals surface area contributed by atoms with Crippen molar-refractivity contribution in [2.75, 3.05) is 40.4 Å². The topological polar surface area (TPSA) is 93.5 Å². The molecule has 1 N–H and O–H groups in total. The fourth-order valence-corrected chi connectivity index (χ4v) is 3.67. The molecule has 3 rings (SSSR count). The predicted molar refractivity (Wildman–Crippen MR) is 124 cm³/mol. The van der Waals surface area contributed by atoms with Gasteiger partial charge in [-0.3, -0.25) is 9.69 Å². The summed E-state index contributed by atoms with van der Waals surface area (Å²) in [6.07, 6.45) is 1.36. The third-order valence-electron chi connectivity index (χ3n) is 5.48. The third kappa shape index (κ3) is 6.19. The second-order valence-corrected chi connectivity index (χ2v) is 9.04. The first-order valence-corrected chi connectivity index (χ1v) is 10.9. The average molecular weight is 460 g/mol. The molecular formula is C24H33N3O6. The van der Waals surface area contributed by atoms with Gasteiger partial charge in [0.1, 0.15) is 17.1 Å². The van der Waals surface area contributed by atoms with E-state index < -0.39 is 11.2 Å². The van der Waals surface area contributed by atoms with Gasteiger partial charge in [-0.25, -0.2) is 4.79 Å². The van der Waals surface area contributed by atoms with E-state index >= 15 is 0 Å². The summed E-state index contributed by atoms with van der Waals surface area (Å²) in [7, 11) is 3.14. The van der Waals surface area contributed by atoms with Crippen molar-refractivity contribution in [3.8, 4) is 17.2 Å². The van der Waals surface area contributed by atoms with Crippen molar-refractivity contribution in [1.29, 1.82) is 0 Å². The first kappa shape index (κ1) is 24.4. The van der Waals surface area contributed by atoms with Gasteiger partial charge in [-0.1, -0.05) is 0 Å². The van der Waals surface area contributed by atoms with E-state index in [4.69, 9.17) is 14.2 Å². The second-order valence-electron chi connectivity index (χ2n) is 9.04. The molecule has 180 valence electrons. The number of hydrogen-bond acceptors (Lipinski definition) is 7. The van der Waals surface area contributed by atoms with Crippen LogP contribution in [-0.4, -0.2) is 71.6 Å². The Labute approximate surface area is 194 Å². The number of amides is 1. The molecule has 1 aliphatic rings. The van der Waals surface area contributed by atoms with Crippen LogP contribution in [0.4, 0.5) is 4.79 Å². The van der Waals surface area contributed by atoms with Gasteiger partial charge < -0.3 is 28.8 Å². The summed E-state index contributed by atoms with van der Waals surface area (Å²) >= 11 is 0. The van der Waals surface area contributed by atoms with Crippen molar-refractivity contribution in [2.24, 2.45) is 0 Å². The van der Waals surface area contributed by atoms with Crippen LogP contribution in [0, 0.1) is 0 Å². The molecule has 0 saturated carbocycles. The van der Waals surface area contributed by atoms with Crippen molar-refractivity contribution in [3.63, 3.8) is 0 Å². The zero-order valence-corrected chi connectivity index (χ0v) is 20.0. The minimum absolute atomic E-state index is 0.258. The summed E-state index contributed by atoms with van der Waals surface area (Å²) in [5, 5.41) is 10.6. The monoisotopic (exact) mass is 459 g/mol. The summed E-state index contributed by atoms with van der Waals surface area (Å²) in [5.41, 5.74) is 0.368. The molecule has 1 fully saturated rings. The Bertz CT molecular complexity index is 1040. The van der Waals surface area contributed by atoms with Crippen molar-refractivity contribution in [2.45, 2.75) is 39.5 Å². The van der Waals surface area contributed by atoms with Gasteiger partial charge in [-0.2, -0.15) is 0 Å². The maximum absolute atomic E-state index is 12.8. The summed E-state index contributed by atoms with van der Waals surface area (Å²) in [4.78, 5) is 28.8. The van der Waals surface area contributed by atoms with Gasteiger partial charge in [-0.05, 0) is 39.0 Å². The molecule has 33 heavy (non-hydrogen) atoms. The van der Waals surface area contributed by atoms with Crippen molar-refractivity contribution >= 4 is 6.09 Å². The normalized spacial score (nSPS) is 14.8. The standard InChI is InChI=1S/C24H33N3O6/c1-24(2,3)33-23(30)26-12-10-25(11-13-26)15-18-8-9-27(22(29)21(18)28)16-17-6-7-19(31-4)14-20(17)32-5/h6-9,14,28H,10-13,15-16H2,1-5H3. The molecule has 1 aromatic heterocycles. The number of benzene rings is 1. The quantitative estimate of drug-likeness (QED) is 0.710. The van der Waals surface area contributed by atoms with Crippen LogP contribution in [0.5, 0.6) is 17.2 Å². The van der Waals surface area contributed by atoms with E-state index in [9.17, 15) is 14.7 Å². The smallest absolute Gasteiger partial charge is 0.410 e. The highest BCUT2D eigenvalue weighted by atomic mass is 16.6. The summed E-state index contributed by atoms with van der Waals surface area (Å²) in [6.45, 7) is 8.54. The molecule has 2 aromatic rings. The van der Waals surface area contributed by atoms with Gasteiger partial charge in [0.05, 0.1) is 20.8 Å². The van der Waals surface area contributed by atoms with E-state index in [1.54, 1.807) is 43.5 Å². The van der Waals surface area contributed by atoms with Crippen LogP contribution in [0.3, 0.4) is 0 Å². The number of methoxy groups -OCH3 is 2. The predicted octanol–water partition coefficient (Wildman–Crippen LogP) is 2.67. The molecule has 0 bridgehead atoms. The Hall–Kier alpha value is -3.20. The number of hydrogen-bond donors (Lipinski definition) is 1. The van der Waals surface area contributed by atoms with Gasteiger partial charge in [0.25, 0.3) is 5.56 Å². The molecule has 0 aliphatic carbocycles. The van der Waals surface area contributed by atoms with E-state index in [0.717, 1.165) is 5.56 Å². The Morgan fingerprint density at radius 2 is 1.70 bits per heavy atom. The number of nitrogens with zero attached hydrogens (tertiary/aromatic N) is 3. The number of aromatic hydroxyl groups is 1. The molecular weight excluding hydrogens is 426 g/mol. The Morgan fingerprint density at radius 1 is 1.00 bits per heavy atom. The number of rotatable bonds is 6. The zero-order chi connectivity index (χ0) is 24.2. The van der Waals surface area contributed by atoms with Gasteiger partial charge >= 0.3 is 6.09 Å².